The van der Waals surface area contributed by atoms with E-state index in [2.05, 4.69) is 45.9 Å². The number of ether oxygens (including phenoxy) is 2. The summed E-state index contributed by atoms with van der Waals surface area (Å²) in [6.45, 7) is 2.54. The Balaban J connectivity index is 0.000000214. The maximum absolute atomic E-state index is 12.3. The summed E-state index contributed by atoms with van der Waals surface area (Å²) >= 11 is 0. The maximum atomic E-state index is 12.3. The van der Waals surface area contributed by atoms with E-state index in [-0.39, 0.29) is 12.5 Å². The number of benzene rings is 3. The Labute approximate surface area is 205 Å². The molecule has 0 saturated heterocycles. The summed E-state index contributed by atoms with van der Waals surface area (Å²) in [5, 5.41) is 11.2. The zero-order chi connectivity index (χ0) is 24.4. The summed E-state index contributed by atoms with van der Waals surface area (Å²) in [7, 11) is 3.35. The van der Waals surface area contributed by atoms with Crippen molar-refractivity contribution in [3.05, 3.63) is 100 Å². The van der Waals surface area contributed by atoms with Crippen LogP contribution in [0.2, 0.25) is 0 Å². The van der Waals surface area contributed by atoms with E-state index >= 15 is 0 Å². The normalized spacial score (nSPS) is 16.6. The van der Waals surface area contributed by atoms with Crippen molar-refractivity contribution in [2.24, 2.45) is 0 Å². The molecule has 35 heavy (non-hydrogen) atoms. The van der Waals surface area contributed by atoms with E-state index in [1.165, 1.54) is 39.9 Å². The number of methoxy groups -OCH3 is 2. The van der Waals surface area contributed by atoms with Crippen LogP contribution in [0, 0.1) is 5.82 Å². The number of aliphatic hydroxyl groups excluding tert-OH is 1. The molecule has 0 radical (unpaired) electrons. The molecule has 0 saturated carbocycles. The van der Waals surface area contributed by atoms with Gasteiger partial charge >= 0.3 is 0 Å². The van der Waals surface area contributed by atoms with E-state index in [4.69, 9.17) is 9.47 Å². The van der Waals surface area contributed by atoms with Crippen LogP contribution in [-0.4, -0.2) is 35.3 Å². The second-order valence-electron chi connectivity index (χ2n) is 9.08. The Morgan fingerprint density at radius 3 is 2.57 bits per heavy atom. The van der Waals surface area contributed by atoms with Gasteiger partial charge < -0.3 is 19.1 Å². The number of rotatable bonds is 4. The molecule has 0 bridgehead atoms. The third-order valence-corrected chi connectivity index (χ3v) is 7.13. The van der Waals surface area contributed by atoms with Crippen LogP contribution in [-0.2, 0) is 37.5 Å². The highest BCUT2D eigenvalue weighted by Crippen LogP contribution is 2.42. The highest BCUT2D eigenvalue weighted by molar-refractivity contribution is 5.86. The number of aromatic nitrogens is 1. The van der Waals surface area contributed by atoms with Crippen molar-refractivity contribution in [2.75, 3.05) is 20.8 Å². The van der Waals surface area contributed by atoms with Crippen LogP contribution in [0.25, 0.3) is 10.9 Å². The minimum Gasteiger partial charge on any atom is -0.497 e. The fourth-order valence-electron chi connectivity index (χ4n) is 5.41. The summed E-state index contributed by atoms with van der Waals surface area (Å²) in [5.74, 6) is 0.726. The van der Waals surface area contributed by atoms with E-state index in [0.717, 1.165) is 42.8 Å². The maximum Gasteiger partial charge on any atom is 0.123 e. The molecule has 6 rings (SSSR count). The van der Waals surface area contributed by atoms with Crippen LogP contribution in [0.4, 0.5) is 4.39 Å². The van der Waals surface area contributed by atoms with Crippen molar-refractivity contribution in [3.8, 4) is 5.75 Å². The van der Waals surface area contributed by atoms with E-state index in [9.17, 15) is 9.50 Å². The third kappa shape index (κ3) is 4.57. The first kappa shape index (κ1) is 23.5. The van der Waals surface area contributed by atoms with Crippen molar-refractivity contribution >= 4 is 10.9 Å². The summed E-state index contributed by atoms with van der Waals surface area (Å²) in [4.78, 5) is 2.55. The molecular weight excluding hydrogens is 443 g/mol. The number of fused-ring (bicyclic) bond motifs is 6. The quantitative estimate of drug-likeness (QED) is 0.440. The summed E-state index contributed by atoms with van der Waals surface area (Å²) in [5.41, 5.74) is 7.63. The van der Waals surface area contributed by atoms with E-state index in [0.29, 0.717) is 12.6 Å². The fourth-order valence-corrected chi connectivity index (χ4v) is 5.41. The Bertz CT molecular complexity index is 1320. The van der Waals surface area contributed by atoms with Crippen molar-refractivity contribution in [1.82, 2.24) is 9.47 Å². The fraction of sp³-hybridized carbons (Fsp3) is 0.310. The lowest BCUT2D eigenvalue weighted by Gasteiger charge is -2.41. The first-order valence-corrected chi connectivity index (χ1v) is 12.0. The zero-order valence-electron chi connectivity index (χ0n) is 20.2. The van der Waals surface area contributed by atoms with Gasteiger partial charge in [-0.05, 0) is 65.4 Å². The second kappa shape index (κ2) is 10.2. The number of hydrogen-bond acceptors (Lipinski definition) is 4. The predicted octanol–water partition coefficient (Wildman–Crippen LogP) is 5.23. The number of para-hydroxylation sites is 1. The lowest BCUT2D eigenvalue weighted by Crippen LogP contribution is -2.39. The van der Waals surface area contributed by atoms with E-state index < -0.39 is 0 Å². The molecule has 0 amide bonds. The summed E-state index contributed by atoms with van der Waals surface area (Å²) < 4.78 is 24.7. The topological polar surface area (TPSA) is 46.9 Å². The smallest absolute Gasteiger partial charge is 0.123 e. The minimum absolute atomic E-state index is 0.0404. The van der Waals surface area contributed by atoms with Gasteiger partial charge in [-0.3, -0.25) is 4.90 Å². The Morgan fingerprint density at radius 1 is 1.03 bits per heavy atom. The standard InChI is InChI=1S/C21H22N2O2.C8H9FO/c1-25-15-7-6-14-8-9-22-12-21-18(11-20(22)17(14)10-15)16-4-2-3-5-19(16)23(21)13-24;1-10-6-7-2-4-8(9)5-3-7/h2-7,10,20,24H,8-9,11-13H2,1H3;2-5H,6H2,1H3. The van der Waals surface area contributed by atoms with Crippen LogP contribution in [0.15, 0.2) is 66.7 Å². The number of halogens is 1. The molecule has 182 valence electrons. The minimum atomic E-state index is -0.208. The molecule has 5 nitrogen and oxygen atoms in total. The predicted molar refractivity (Wildman–Crippen MR) is 135 cm³/mol. The van der Waals surface area contributed by atoms with Crippen LogP contribution >= 0.6 is 0 Å². The van der Waals surface area contributed by atoms with Crippen molar-refractivity contribution < 1.29 is 19.0 Å². The van der Waals surface area contributed by atoms with Gasteiger partial charge in [0.1, 0.15) is 18.3 Å². The van der Waals surface area contributed by atoms with Gasteiger partial charge in [-0.2, -0.15) is 0 Å². The molecular formula is C29H31FN2O3. The Morgan fingerprint density at radius 2 is 1.83 bits per heavy atom. The van der Waals surface area contributed by atoms with Gasteiger partial charge in [0.2, 0.25) is 0 Å². The molecule has 3 aromatic carbocycles. The van der Waals surface area contributed by atoms with E-state index in [1.54, 1.807) is 26.4 Å². The number of hydrogen-bond donors (Lipinski definition) is 1. The molecule has 0 fully saturated rings. The van der Waals surface area contributed by atoms with Crippen LogP contribution in [0.5, 0.6) is 5.75 Å². The van der Waals surface area contributed by atoms with Gasteiger partial charge in [-0.25, -0.2) is 4.39 Å². The first-order valence-electron chi connectivity index (χ1n) is 12.0. The highest BCUT2D eigenvalue weighted by Gasteiger charge is 2.35. The second-order valence-corrected chi connectivity index (χ2v) is 9.08. The summed E-state index contributed by atoms with van der Waals surface area (Å²) in [6, 6.07) is 21.6. The number of nitrogens with zero attached hydrogens (tertiary/aromatic N) is 2. The molecule has 0 aliphatic carbocycles. The lowest BCUT2D eigenvalue weighted by molar-refractivity contribution is 0.146. The van der Waals surface area contributed by atoms with Crippen LogP contribution < -0.4 is 4.74 Å². The number of aliphatic hydroxyl groups is 1. The average molecular weight is 475 g/mol. The van der Waals surface area contributed by atoms with Crippen LogP contribution in [0.3, 0.4) is 0 Å². The SMILES string of the molecule is COCc1ccc(F)cc1.COc1ccc2c(c1)C1Cc3c(n(CO)c4ccccc34)CN1CC2. The molecule has 4 aromatic rings. The van der Waals surface area contributed by atoms with Crippen molar-refractivity contribution in [1.29, 1.82) is 0 Å². The molecule has 0 spiro atoms. The molecule has 2 aliphatic rings. The Hall–Kier alpha value is -3.19. The van der Waals surface area contributed by atoms with Crippen LogP contribution in [0.1, 0.15) is 34.0 Å². The molecule has 1 N–H and O–H groups in total. The van der Waals surface area contributed by atoms with Gasteiger partial charge in [-0.1, -0.05) is 36.4 Å². The lowest BCUT2D eigenvalue weighted by atomic mass is 9.85. The zero-order valence-corrected chi connectivity index (χ0v) is 20.2. The first-order chi connectivity index (χ1) is 17.1. The van der Waals surface area contributed by atoms with Gasteiger partial charge in [0.25, 0.3) is 0 Å². The Kier molecular flexibility index (Phi) is 6.86. The molecule has 1 unspecified atom stereocenters. The highest BCUT2D eigenvalue weighted by atomic mass is 19.1. The van der Waals surface area contributed by atoms with Gasteiger partial charge in [0.15, 0.2) is 0 Å². The van der Waals surface area contributed by atoms with Gasteiger partial charge in [0, 0.05) is 37.3 Å². The average Bonchev–Trinajstić information content (AvgIpc) is 3.21. The van der Waals surface area contributed by atoms with Crippen molar-refractivity contribution in [2.45, 2.75) is 38.8 Å². The third-order valence-electron chi connectivity index (χ3n) is 7.13. The molecule has 6 heteroatoms. The van der Waals surface area contributed by atoms with Gasteiger partial charge in [0.05, 0.1) is 19.2 Å². The molecule has 2 aliphatic heterocycles. The monoisotopic (exact) mass is 474 g/mol. The van der Waals surface area contributed by atoms with Gasteiger partial charge in [-0.15, -0.1) is 0 Å². The molecule has 3 heterocycles. The summed E-state index contributed by atoms with van der Waals surface area (Å²) in [6.07, 6.45) is 2.06. The van der Waals surface area contributed by atoms with E-state index in [1.807, 2.05) is 6.07 Å². The van der Waals surface area contributed by atoms with Crippen molar-refractivity contribution in [3.63, 3.8) is 0 Å². The largest absolute Gasteiger partial charge is 0.497 e. The molecule has 1 aromatic heterocycles. The molecule has 1 atom stereocenters.